The molecule has 126 valence electrons. The molecule has 2 rings (SSSR count). The van der Waals surface area contributed by atoms with Crippen LogP contribution >= 0.6 is 0 Å². The van der Waals surface area contributed by atoms with Crippen LogP contribution in [0.4, 0.5) is 0 Å². The largest absolute Gasteiger partial charge is 0.481 e. The van der Waals surface area contributed by atoms with Crippen molar-refractivity contribution in [3.63, 3.8) is 0 Å². The quantitative estimate of drug-likeness (QED) is 0.711. The zero-order valence-corrected chi connectivity index (χ0v) is 13.4. The van der Waals surface area contributed by atoms with E-state index in [1.807, 2.05) is 0 Å². The zero-order chi connectivity index (χ0) is 16.7. The molecule has 1 aliphatic rings. The number of ether oxygens (including phenoxy) is 1. The van der Waals surface area contributed by atoms with Gasteiger partial charge in [-0.2, -0.15) is 0 Å². The Morgan fingerprint density at radius 1 is 1.22 bits per heavy atom. The number of carbonyl (C=O) groups excluding carboxylic acids is 2. The summed E-state index contributed by atoms with van der Waals surface area (Å²) in [6.45, 7) is 0.366. The van der Waals surface area contributed by atoms with Crippen LogP contribution in [0.15, 0.2) is 18.2 Å². The summed E-state index contributed by atoms with van der Waals surface area (Å²) in [5, 5.41) is 5.98. The van der Waals surface area contributed by atoms with Crippen LogP contribution < -0.4 is 21.1 Å². The van der Waals surface area contributed by atoms with Crippen molar-refractivity contribution >= 4 is 11.8 Å². The molecule has 0 bridgehead atoms. The molecule has 0 aliphatic heterocycles. The van der Waals surface area contributed by atoms with Crippen LogP contribution in [-0.4, -0.2) is 42.5 Å². The van der Waals surface area contributed by atoms with Crippen molar-refractivity contribution in [2.24, 2.45) is 5.73 Å². The van der Waals surface area contributed by atoms with Gasteiger partial charge in [-0.15, -0.1) is 0 Å². The molecule has 0 spiro atoms. The second-order valence-corrected chi connectivity index (χ2v) is 5.69. The molecule has 0 aromatic carbocycles. The molecule has 1 saturated carbocycles. The second kappa shape index (κ2) is 8.47. The number of hydrogen-bond acceptors (Lipinski definition) is 5. The average Bonchev–Trinajstić information content (AvgIpc) is 2.57. The molecule has 1 aromatic rings. The molecule has 7 heteroatoms. The fourth-order valence-corrected chi connectivity index (χ4v) is 2.73. The third-order valence-corrected chi connectivity index (χ3v) is 3.96. The molecule has 0 saturated heterocycles. The van der Waals surface area contributed by atoms with E-state index in [2.05, 4.69) is 15.6 Å². The van der Waals surface area contributed by atoms with E-state index in [0.29, 0.717) is 24.5 Å². The van der Waals surface area contributed by atoms with Gasteiger partial charge in [0.1, 0.15) is 5.69 Å². The van der Waals surface area contributed by atoms with Crippen molar-refractivity contribution in [2.75, 3.05) is 13.7 Å². The van der Waals surface area contributed by atoms with Gasteiger partial charge in [-0.1, -0.05) is 6.07 Å². The fraction of sp³-hybridized carbons (Fsp3) is 0.562. The monoisotopic (exact) mass is 320 g/mol. The molecular weight excluding hydrogens is 296 g/mol. The Balaban J connectivity index is 1.79. The van der Waals surface area contributed by atoms with Gasteiger partial charge in [0, 0.05) is 31.1 Å². The lowest BCUT2D eigenvalue weighted by Gasteiger charge is -2.29. The van der Waals surface area contributed by atoms with Crippen molar-refractivity contribution in [3.8, 4) is 5.88 Å². The number of nitrogens with one attached hydrogen (secondary N) is 2. The highest BCUT2D eigenvalue weighted by Gasteiger charge is 2.24. The highest BCUT2D eigenvalue weighted by Crippen LogP contribution is 2.19. The average molecular weight is 320 g/mol. The lowest BCUT2D eigenvalue weighted by atomic mass is 9.91. The van der Waals surface area contributed by atoms with Crippen LogP contribution in [0.5, 0.6) is 5.88 Å². The lowest BCUT2D eigenvalue weighted by molar-refractivity contribution is -0.121. The summed E-state index contributed by atoms with van der Waals surface area (Å²) in [4.78, 5) is 27.9. The minimum Gasteiger partial charge on any atom is -0.481 e. The van der Waals surface area contributed by atoms with E-state index in [1.165, 1.54) is 7.11 Å². The van der Waals surface area contributed by atoms with Gasteiger partial charge in [-0.25, -0.2) is 4.98 Å². The summed E-state index contributed by atoms with van der Waals surface area (Å²) in [6, 6.07) is 5.39. The Kier molecular flexibility index (Phi) is 6.34. The van der Waals surface area contributed by atoms with Gasteiger partial charge in [0.25, 0.3) is 5.91 Å². The smallest absolute Gasteiger partial charge is 0.270 e. The van der Waals surface area contributed by atoms with E-state index < -0.39 is 0 Å². The number of hydrogen-bond donors (Lipinski definition) is 3. The van der Waals surface area contributed by atoms with Gasteiger partial charge in [0.2, 0.25) is 11.8 Å². The number of methoxy groups -OCH3 is 1. The molecule has 2 amide bonds. The van der Waals surface area contributed by atoms with E-state index in [-0.39, 0.29) is 23.9 Å². The van der Waals surface area contributed by atoms with Crippen LogP contribution in [-0.2, 0) is 4.79 Å². The van der Waals surface area contributed by atoms with Crippen LogP contribution in [0, 0.1) is 0 Å². The number of rotatable bonds is 6. The summed E-state index contributed by atoms with van der Waals surface area (Å²) >= 11 is 0. The van der Waals surface area contributed by atoms with Gasteiger partial charge in [-0.3, -0.25) is 9.59 Å². The number of amides is 2. The van der Waals surface area contributed by atoms with Crippen molar-refractivity contribution in [3.05, 3.63) is 23.9 Å². The number of nitrogens with two attached hydrogens (primary N) is 1. The minimum atomic E-state index is -0.195. The van der Waals surface area contributed by atoms with E-state index >= 15 is 0 Å². The standard InChI is InChI=1S/C16H24N4O3/c1-23-15-4-2-3-13(20-15)16(22)19-12-7-5-11(6-8-12)18-14(21)9-10-17/h2-4,11-12H,5-10,17H2,1H3,(H,18,21)(H,19,22). The Morgan fingerprint density at radius 3 is 2.48 bits per heavy atom. The first-order valence-electron chi connectivity index (χ1n) is 7.93. The van der Waals surface area contributed by atoms with Gasteiger partial charge in [-0.05, 0) is 31.7 Å². The summed E-state index contributed by atoms with van der Waals surface area (Å²) in [6.07, 6.45) is 3.74. The molecule has 1 aliphatic carbocycles. The maximum Gasteiger partial charge on any atom is 0.270 e. The maximum atomic E-state index is 12.2. The van der Waals surface area contributed by atoms with Crippen molar-refractivity contribution in [1.29, 1.82) is 0 Å². The predicted molar refractivity (Wildman–Crippen MR) is 86.1 cm³/mol. The third-order valence-electron chi connectivity index (χ3n) is 3.96. The maximum absolute atomic E-state index is 12.2. The first-order chi connectivity index (χ1) is 11.1. The Hall–Kier alpha value is -2.15. The van der Waals surface area contributed by atoms with Crippen LogP contribution in [0.3, 0.4) is 0 Å². The summed E-state index contributed by atoms with van der Waals surface area (Å²) < 4.78 is 5.03. The molecular formula is C16H24N4O3. The fourth-order valence-electron chi connectivity index (χ4n) is 2.73. The van der Waals surface area contributed by atoms with Gasteiger partial charge in [0.15, 0.2) is 0 Å². The SMILES string of the molecule is COc1cccc(C(=O)NC2CCC(NC(=O)CCN)CC2)n1. The zero-order valence-electron chi connectivity index (χ0n) is 13.4. The van der Waals surface area contributed by atoms with Gasteiger partial charge < -0.3 is 21.1 Å². The molecule has 7 nitrogen and oxygen atoms in total. The van der Waals surface area contributed by atoms with Crippen molar-refractivity contribution < 1.29 is 14.3 Å². The summed E-state index contributed by atoms with van der Waals surface area (Å²) in [7, 11) is 1.52. The Bertz CT molecular complexity index is 542. The topological polar surface area (TPSA) is 106 Å². The van der Waals surface area contributed by atoms with E-state index in [4.69, 9.17) is 10.5 Å². The molecule has 4 N–H and O–H groups in total. The first-order valence-corrected chi connectivity index (χ1v) is 7.93. The van der Waals surface area contributed by atoms with Gasteiger partial charge in [0.05, 0.1) is 7.11 Å². The molecule has 1 fully saturated rings. The highest BCUT2D eigenvalue weighted by atomic mass is 16.5. The van der Waals surface area contributed by atoms with Crippen LogP contribution in [0.2, 0.25) is 0 Å². The van der Waals surface area contributed by atoms with E-state index in [0.717, 1.165) is 25.7 Å². The normalized spacial score (nSPS) is 20.6. The Morgan fingerprint density at radius 2 is 1.87 bits per heavy atom. The summed E-state index contributed by atoms with van der Waals surface area (Å²) in [5.74, 6) is 0.226. The number of pyridine rings is 1. The van der Waals surface area contributed by atoms with Crippen LogP contribution in [0.1, 0.15) is 42.6 Å². The van der Waals surface area contributed by atoms with Gasteiger partial charge >= 0.3 is 0 Å². The predicted octanol–water partition coefficient (Wildman–Crippen LogP) is 0.596. The molecule has 0 atom stereocenters. The minimum absolute atomic E-state index is 0.000524. The lowest BCUT2D eigenvalue weighted by Crippen LogP contribution is -2.44. The third kappa shape index (κ3) is 5.21. The number of aromatic nitrogens is 1. The van der Waals surface area contributed by atoms with E-state index in [1.54, 1.807) is 18.2 Å². The molecule has 1 aromatic heterocycles. The molecule has 0 radical (unpaired) electrons. The molecule has 0 unspecified atom stereocenters. The van der Waals surface area contributed by atoms with Crippen LogP contribution in [0.25, 0.3) is 0 Å². The number of carbonyl (C=O) groups is 2. The first kappa shape index (κ1) is 17.2. The second-order valence-electron chi connectivity index (χ2n) is 5.69. The Labute approximate surface area is 136 Å². The van der Waals surface area contributed by atoms with E-state index in [9.17, 15) is 9.59 Å². The summed E-state index contributed by atoms with van der Waals surface area (Å²) in [5.41, 5.74) is 5.71. The van der Waals surface area contributed by atoms with Crippen molar-refractivity contribution in [2.45, 2.75) is 44.2 Å². The number of nitrogens with zero attached hydrogens (tertiary/aromatic N) is 1. The van der Waals surface area contributed by atoms with Crippen molar-refractivity contribution in [1.82, 2.24) is 15.6 Å². The molecule has 23 heavy (non-hydrogen) atoms. The molecule has 1 heterocycles. The highest BCUT2D eigenvalue weighted by molar-refractivity contribution is 5.92.